The van der Waals surface area contributed by atoms with Crippen LogP contribution in [-0.4, -0.2) is 115 Å². The number of halogens is 1. The fraction of sp³-hybridized carbons (Fsp3) is 0.545. The molecule has 5 heterocycles. The van der Waals surface area contributed by atoms with Gasteiger partial charge in [-0.1, -0.05) is 17.5 Å². The highest BCUT2D eigenvalue weighted by molar-refractivity contribution is 7.08. The third-order valence-electron chi connectivity index (χ3n) is 9.77. The first kappa shape index (κ1) is 32.4. The number of benzene rings is 1. The summed E-state index contributed by atoms with van der Waals surface area (Å²) >= 11 is 7.96. The smallest absolute Gasteiger partial charge is 0.410 e. The molecule has 0 aliphatic carbocycles. The van der Waals surface area contributed by atoms with E-state index in [1.807, 2.05) is 10.3 Å². The van der Waals surface area contributed by atoms with Crippen LogP contribution in [0.2, 0.25) is 5.02 Å². The van der Waals surface area contributed by atoms with Gasteiger partial charge in [-0.25, -0.2) is 9.59 Å². The molecular formula is C33H42ClN7O4S. The van der Waals surface area contributed by atoms with Gasteiger partial charge >= 0.3 is 12.1 Å². The van der Waals surface area contributed by atoms with E-state index in [0.29, 0.717) is 73.4 Å². The molecule has 2 aromatic rings. The Balaban J connectivity index is 1.10. The number of hydrogen-bond donors (Lipinski definition) is 3. The number of carbonyl (C=O) groups excluding carboxylic acids is 3. The molecular weight excluding hydrogens is 626 g/mol. The van der Waals surface area contributed by atoms with Crippen molar-refractivity contribution in [1.29, 1.82) is 0 Å². The predicted molar refractivity (Wildman–Crippen MR) is 180 cm³/mol. The first-order valence-electron chi connectivity index (χ1n) is 16.2. The lowest BCUT2D eigenvalue weighted by atomic mass is 10.0. The number of ether oxygens (including phenoxy) is 1. The number of nitrogens with two attached hydrogens (primary N) is 1. The molecule has 0 saturated carbocycles. The van der Waals surface area contributed by atoms with E-state index in [2.05, 4.69) is 26.8 Å². The zero-order valence-electron chi connectivity index (χ0n) is 26.0. The van der Waals surface area contributed by atoms with E-state index in [1.165, 1.54) is 0 Å². The van der Waals surface area contributed by atoms with Gasteiger partial charge in [0.25, 0.3) is 5.91 Å². The fourth-order valence-corrected chi connectivity index (χ4v) is 8.11. The Bertz CT molecular complexity index is 1470. The number of piperazine rings is 1. The second-order valence-corrected chi connectivity index (χ2v) is 13.7. The zero-order valence-corrected chi connectivity index (χ0v) is 27.6. The van der Waals surface area contributed by atoms with Crippen molar-refractivity contribution in [2.75, 3.05) is 70.0 Å². The number of hydrogen-bond acceptors (Lipinski definition) is 8. The third kappa shape index (κ3) is 7.23. The summed E-state index contributed by atoms with van der Waals surface area (Å²) < 4.78 is 6.01. The number of amides is 4. The summed E-state index contributed by atoms with van der Waals surface area (Å²) in [5, 5.41) is 10.8. The maximum atomic E-state index is 14.0. The molecule has 4 aliphatic rings. The molecule has 3 saturated heterocycles. The fourth-order valence-electron chi connectivity index (χ4n) is 7.05. The molecule has 3 fully saturated rings. The van der Waals surface area contributed by atoms with Crippen molar-refractivity contribution in [3.05, 3.63) is 44.6 Å². The highest BCUT2D eigenvalue weighted by Crippen LogP contribution is 2.29. The van der Waals surface area contributed by atoms with Crippen molar-refractivity contribution in [2.45, 2.75) is 56.7 Å². The maximum absolute atomic E-state index is 14.0. The molecule has 1 aromatic carbocycles. The number of fused-ring (bicyclic) bond motifs is 1. The molecule has 4 N–H and O–H groups in total. The van der Waals surface area contributed by atoms with Gasteiger partial charge in [0.2, 0.25) is 0 Å². The van der Waals surface area contributed by atoms with Crippen molar-refractivity contribution in [1.82, 2.24) is 24.9 Å². The summed E-state index contributed by atoms with van der Waals surface area (Å²) in [5.41, 5.74) is 9.50. The van der Waals surface area contributed by atoms with Gasteiger partial charge in [0.1, 0.15) is 0 Å². The van der Waals surface area contributed by atoms with Crippen molar-refractivity contribution >= 4 is 52.3 Å². The van der Waals surface area contributed by atoms with E-state index in [1.54, 1.807) is 33.3 Å². The van der Waals surface area contributed by atoms with Crippen LogP contribution in [0.15, 0.2) is 22.9 Å². The SMILES string of the molecule is C#Cc1cc(C[C@@H](OC(=O)N2CCC(N3CCc4cscc4NC3=O)CC2)C(=O)N2CCN(C3CCNCC3)CC2)cc(Cl)c1N. The van der Waals surface area contributed by atoms with Crippen molar-refractivity contribution in [3.63, 3.8) is 0 Å². The molecule has 6 rings (SSSR count). The Morgan fingerprint density at radius 2 is 1.76 bits per heavy atom. The van der Waals surface area contributed by atoms with Crippen LogP contribution in [0.25, 0.3) is 0 Å². The van der Waals surface area contributed by atoms with E-state index < -0.39 is 12.2 Å². The lowest BCUT2D eigenvalue weighted by Crippen LogP contribution is -2.56. The molecule has 0 unspecified atom stereocenters. The summed E-state index contributed by atoms with van der Waals surface area (Å²) in [5.74, 6) is 2.32. The monoisotopic (exact) mass is 667 g/mol. The van der Waals surface area contributed by atoms with Gasteiger partial charge in [-0.05, 0) is 73.8 Å². The number of nitrogens with one attached hydrogen (secondary N) is 2. The number of carbonyl (C=O) groups is 3. The maximum Gasteiger partial charge on any atom is 0.410 e. The topological polar surface area (TPSA) is 123 Å². The van der Waals surface area contributed by atoms with Gasteiger partial charge in [-0.3, -0.25) is 9.69 Å². The van der Waals surface area contributed by atoms with Gasteiger partial charge in [-0.15, -0.1) is 17.8 Å². The van der Waals surface area contributed by atoms with Gasteiger partial charge in [0.15, 0.2) is 6.10 Å². The van der Waals surface area contributed by atoms with Crippen LogP contribution in [0.3, 0.4) is 0 Å². The average Bonchev–Trinajstić information content (AvgIpc) is 3.46. The quantitative estimate of drug-likeness (QED) is 0.319. The number of likely N-dealkylation sites (tertiary alicyclic amines) is 1. The number of nitrogen functional groups attached to an aromatic ring is 1. The Kier molecular flexibility index (Phi) is 10.2. The minimum Gasteiger partial charge on any atom is -0.436 e. The van der Waals surface area contributed by atoms with Crippen LogP contribution in [0.4, 0.5) is 21.0 Å². The van der Waals surface area contributed by atoms with E-state index in [0.717, 1.165) is 56.7 Å². The van der Waals surface area contributed by atoms with E-state index >= 15 is 0 Å². The molecule has 11 nitrogen and oxygen atoms in total. The van der Waals surface area contributed by atoms with Crippen LogP contribution in [-0.2, 0) is 22.4 Å². The molecule has 0 radical (unpaired) electrons. The highest BCUT2D eigenvalue weighted by Gasteiger charge is 2.36. The lowest BCUT2D eigenvalue weighted by Gasteiger charge is -2.41. The van der Waals surface area contributed by atoms with Crippen molar-refractivity contribution < 1.29 is 19.1 Å². The minimum absolute atomic E-state index is 0.0181. The Morgan fingerprint density at radius 1 is 1.02 bits per heavy atom. The number of rotatable bonds is 6. The second-order valence-electron chi connectivity index (χ2n) is 12.5. The Labute approximate surface area is 279 Å². The number of anilines is 2. The number of nitrogens with zero attached hydrogens (tertiary/aromatic N) is 4. The van der Waals surface area contributed by atoms with Crippen LogP contribution in [0.5, 0.6) is 0 Å². The molecule has 0 spiro atoms. The Hall–Kier alpha value is -3.50. The van der Waals surface area contributed by atoms with Gasteiger partial charge in [0, 0.05) is 75.3 Å². The first-order valence-corrected chi connectivity index (χ1v) is 17.5. The lowest BCUT2D eigenvalue weighted by molar-refractivity contribution is -0.143. The van der Waals surface area contributed by atoms with Gasteiger partial charge < -0.3 is 35.8 Å². The molecule has 4 aliphatic heterocycles. The molecule has 1 aromatic heterocycles. The van der Waals surface area contributed by atoms with Gasteiger partial charge in [0.05, 0.1) is 16.4 Å². The standard InChI is InChI=1S/C33H42ClN7O4S/c1-2-23-17-22(18-27(34)30(23)35)19-29(31(42)39-15-13-38(14-16-39)25-3-8-36-9-4-25)45-33(44)40-10-6-26(7-11-40)41-12-5-24-20-46-21-28(24)37-32(41)43/h1,17-18,20-21,25-26,29,36H,3-16,19,35H2,(H,37,43)/t29-/m1/s1. The summed E-state index contributed by atoms with van der Waals surface area (Å²) in [6.07, 6.45) is 8.48. The number of thiophene rings is 1. The molecule has 1 atom stereocenters. The normalized spacial score (nSPS) is 20.8. The molecule has 4 amide bonds. The second kappa shape index (κ2) is 14.5. The molecule has 46 heavy (non-hydrogen) atoms. The third-order valence-corrected chi connectivity index (χ3v) is 10.9. The summed E-state index contributed by atoms with van der Waals surface area (Å²) in [6, 6.07) is 3.85. The molecule has 13 heteroatoms. The largest absolute Gasteiger partial charge is 0.436 e. The van der Waals surface area contributed by atoms with E-state index in [-0.39, 0.29) is 24.4 Å². The predicted octanol–water partition coefficient (Wildman–Crippen LogP) is 3.46. The highest BCUT2D eigenvalue weighted by atomic mass is 35.5. The molecule has 246 valence electrons. The van der Waals surface area contributed by atoms with Crippen LogP contribution < -0.4 is 16.4 Å². The number of urea groups is 1. The van der Waals surface area contributed by atoms with Crippen molar-refractivity contribution in [3.8, 4) is 12.3 Å². The van der Waals surface area contributed by atoms with Crippen LogP contribution in [0, 0.1) is 12.3 Å². The first-order chi connectivity index (χ1) is 22.3. The molecule has 0 bridgehead atoms. The summed E-state index contributed by atoms with van der Waals surface area (Å²) in [4.78, 5) is 48.3. The number of piperidine rings is 2. The number of terminal acetylenes is 1. The van der Waals surface area contributed by atoms with Crippen LogP contribution >= 0.6 is 22.9 Å². The Morgan fingerprint density at radius 3 is 2.48 bits per heavy atom. The average molecular weight is 668 g/mol. The summed E-state index contributed by atoms with van der Waals surface area (Å²) in [6.45, 7) is 6.26. The van der Waals surface area contributed by atoms with Crippen molar-refractivity contribution in [2.24, 2.45) is 0 Å². The zero-order chi connectivity index (χ0) is 32.2. The minimum atomic E-state index is -1.05. The summed E-state index contributed by atoms with van der Waals surface area (Å²) in [7, 11) is 0. The van der Waals surface area contributed by atoms with E-state index in [9.17, 15) is 14.4 Å². The van der Waals surface area contributed by atoms with E-state index in [4.69, 9.17) is 28.5 Å². The van der Waals surface area contributed by atoms with Gasteiger partial charge in [-0.2, -0.15) is 0 Å². The van der Waals surface area contributed by atoms with Crippen LogP contribution in [0.1, 0.15) is 42.4 Å².